The number of hydrogen-bond acceptors (Lipinski definition) is 3. The summed E-state index contributed by atoms with van der Waals surface area (Å²) in [6, 6.07) is 14.3. The molecule has 0 heterocycles. The van der Waals surface area contributed by atoms with Crippen LogP contribution in [0.4, 0.5) is 11.4 Å². The standard InChI is InChI=1S/C18H18ClN3O/c1-3-22(4-2)16-7-5-6-13(10-16)18(23)21-17-11-15(19)9-8-14(17)12-20/h5-11H,3-4H2,1-2H3,(H,21,23). The zero-order valence-electron chi connectivity index (χ0n) is 13.1. The summed E-state index contributed by atoms with van der Waals surface area (Å²) in [5.41, 5.74) is 2.33. The SMILES string of the molecule is CCN(CC)c1cccc(C(=O)Nc2cc(Cl)ccc2C#N)c1. The molecule has 23 heavy (non-hydrogen) atoms. The van der Waals surface area contributed by atoms with Crippen LogP contribution in [0.15, 0.2) is 42.5 Å². The molecule has 2 aromatic rings. The van der Waals surface area contributed by atoms with E-state index in [-0.39, 0.29) is 5.91 Å². The van der Waals surface area contributed by atoms with Gasteiger partial charge in [0.05, 0.1) is 11.3 Å². The summed E-state index contributed by atoms with van der Waals surface area (Å²) >= 11 is 5.94. The fourth-order valence-electron chi connectivity index (χ4n) is 2.34. The molecule has 0 bridgehead atoms. The van der Waals surface area contributed by atoms with E-state index in [1.807, 2.05) is 24.3 Å². The van der Waals surface area contributed by atoms with E-state index in [0.717, 1.165) is 18.8 Å². The molecule has 1 N–H and O–H groups in total. The van der Waals surface area contributed by atoms with E-state index in [4.69, 9.17) is 16.9 Å². The van der Waals surface area contributed by atoms with Gasteiger partial charge in [0.25, 0.3) is 5.91 Å². The zero-order valence-corrected chi connectivity index (χ0v) is 13.9. The lowest BCUT2D eigenvalue weighted by Crippen LogP contribution is -2.22. The van der Waals surface area contributed by atoms with Gasteiger partial charge in [0.15, 0.2) is 0 Å². The quantitative estimate of drug-likeness (QED) is 0.890. The summed E-state index contributed by atoms with van der Waals surface area (Å²) in [6.07, 6.45) is 0. The van der Waals surface area contributed by atoms with Gasteiger partial charge in [-0.1, -0.05) is 17.7 Å². The minimum absolute atomic E-state index is 0.266. The predicted molar refractivity (Wildman–Crippen MR) is 94.1 cm³/mol. The zero-order chi connectivity index (χ0) is 16.8. The van der Waals surface area contributed by atoms with E-state index in [0.29, 0.717) is 21.8 Å². The molecule has 0 fully saturated rings. The van der Waals surface area contributed by atoms with Gasteiger partial charge >= 0.3 is 0 Å². The monoisotopic (exact) mass is 327 g/mol. The molecule has 1 amide bonds. The Balaban J connectivity index is 2.27. The molecule has 0 atom stereocenters. The van der Waals surface area contributed by atoms with Crippen molar-refractivity contribution in [2.75, 3.05) is 23.3 Å². The first-order valence-corrected chi connectivity index (χ1v) is 7.82. The van der Waals surface area contributed by atoms with Crippen molar-refractivity contribution >= 4 is 28.9 Å². The number of amides is 1. The van der Waals surface area contributed by atoms with Gasteiger partial charge in [-0.15, -0.1) is 0 Å². The van der Waals surface area contributed by atoms with Crippen molar-refractivity contribution in [3.63, 3.8) is 0 Å². The molecule has 2 rings (SSSR count). The topological polar surface area (TPSA) is 56.1 Å². The van der Waals surface area contributed by atoms with Crippen molar-refractivity contribution in [1.29, 1.82) is 5.26 Å². The van der Waals surface area contributed by atoms with Crippen LogP contribution in [0.5, 0.6) is 0 Å². The van der Waals surface area contributed by atoms with E-state index >= 15 is 0 Å². The van der Waals surface area contributed by atoms with Gasteiger partial charge in [0, 0.05) is 29.4 Å². The molecule has 0 aliphatic carbocycles. The Morgan fingerprint density at radius 2 is 1.96 bits per heavy atom. The van der Waals surface area contributed by atoms with E-state index in [9.17, 15) is 4.79 Å². The largest absolute Gasteiger partial charge is 0.372 e. The molecule has 4 nitrogen and oxygen atoms in total. The van der Waals surface area contributed by atoms with Gasteiger partial charge in [-0.25, -0.2) is 0 Å². The summed E-state index contributed by atoms with van der Waals surface area (Å²) in [7, 11) is 0. The number of halogens is 1. The summed E-state index contributed by atoms with van der Waals surface area (Å²) in [5, 5.41) is 12.3. The van der Waals surface area contributed by atoms with Crippen LogP contribution in [0, 0.1) is 11.3 Å². The molecule has 0 saturated heterocycles. The number of benzene rings is 2. The molecular formula is C18H18ClN3O. The minimum atomic E-state index is -0.266. The van der Waals surface area contributed by atoms with Crippen LogP contribution in [0.25, 0.3) is 0 Å². The Bertz CT molecular complexity index is 748. The van der Waals surface area contributed by atoms with Crippen LogP contribution in [-0.4, -0.2) is 19.0 Å². The maximum Gasteiger partial charge on any atom is 0.255 e. The third-order valence-electron chi connectivity index (χ3n) is 3.59. The van der Waals surface area contributed by atoms with Crippen LogP contribution >= 0.6 is 11.6 Å². The van der Waals surface area contributed by atoms with E-state index < -0.39 is 0 Å². The van der Waals surface area contributed by atoms with Gasteiger partial charge in [-0.2, -0.15) is 5.26 Å². The van der Waals surface area contributed by atoms with Gasteiger partial charge in [-0.3, -0.25) is 4.79 Å². The van der Waals surface area contributed by atoms with Crippen LogP contribution in [0.3, 0.4) is 0 Å². The number of nitrogens with zero attached hydrogens (tertiary/aromatic N) is 2. The fourth-order valence-corrected chi connectivity index (χ4v) is 2.52. The van der Waals surface area contributed by atoms with Crippen molar-refractivity contribution in [2.24, 2.45) is 0 Å². The third-order valence-corrected chi connectivity index (χ3v) is 3.82. The fraction of sp³-hybridized carbons (Fsp3) is 0.222. The third kappa shape index (κ3) is 4.02. The normalized spacial score (nSPS) is 10.0. The lowest BCUT2D eigenvalue weighted by atomic mass is 10.1. The lowest BCUT2D eigenvalue weighted by molar-refractivity contribution is 0.102. The van der Waals surface area contributed by atoms with Gasteiger partial charge in [0.1, 0.15) is 6.07 Å². The van der Waals surface area contributed by atoms with Crippen molar-refractivity contribution in [3.05, 3.63) is 58.6 Å². The Morgan fingerprint density at radius 1 is 1.22 bits per heavy atom. The number of hydrogen-bond donors (Lipinski definition) is 1. The molecule has 0 aromatic heterocycles. The number of rotatable bonds is 5. The molecule has 0 spiro atoms. The highest BCUT2D eigenvalue weighted by Crippen LogP contribution is 2.22. The molecule has 5 heteroatoms. The summed E-state index contributed by atoms with van der Waals surface area (Å²) in [5.74, 6) is -0.266. The Labute approximate surface area is 141 Å². The molecule has 0 aliphatic rings. The first-order valence-electron chi connectivity index (χ1n) is 7.45. The maximum atomic E-state index is 12.5. The van der Waals surface area contributed by atoms with Gasteiger partial charge in [-0.05, 0) is 50.2 Å². The average Bonchev–Trinajstić information content (AvgIpc) is 2.56. The molecule has 2 aromatic carbocycles. The highest BCUT2D eigenvalue weighted by molar-refractivity contribution is 6.31. The number of anilines is 2. The van der Waals surface area contributed by atoms with E-state index in [1.54, 1.807) is 24.3 Å². The molecule has 0 saturated carbocycles. The Morgan fingerprint density at radius 3 is 2.61 bits per heavy atom. The Hall–Kier alpha value is -2.51. The van der Waals surface area contributed by atoms with Crippen LogP contribution < -0.4 is 10.2 Å². The first kappa shape index (κ1) is 16.9. The number of carbonyl (C=O) groups excluding carboxylic acids is 1. The van der Waals surface area contributed by atoms with E-state index in [1.165, 1.54) is 0 Å². The number of carbonyl (C=O) groups is 1. The Kier molecular flexibility index (Phi) is 5.61. The predicted octanol–water partition coefficient (Wildman–Crippen LogP) is 4.31. The lowest BCUT2D eigenvalue weighted by Gasteiger charge is -2.21. The van der Waals surface area contributed by atoms with E-state index in [2.05, 4.69) is 24.1 Å². The van der Waals surface area contributed by atoms with Crippen molar-refractivity contribution in [1.82, 2.24) is 0 Å². The molecule has 0 unspecified atom stereocenters. The van der Waals surface area contributed by atoms with Crippen LogP contribution in [0.1, 0.15) is 29.8 Å². The molecule has 0 radical (unpaired) electrons. The summed E-state index contributed by atoms with van der Waals surface area (Å²) in [4.78, 5) is 14.6. The second kappa shape index (κ2) is 7.66. The molecular weight excluding hydrogens is 310 g/mol. The number of nitriles is 1. The smallest absolute Gasteiger partial charge is 0.255 e. The van der Waals surface area contributed by atoms with Gasteiger partial charge < -0.3 is 10.2 Å². The summed E-state index contributed by atoms with van der Waals surface area (Å²) in [6.45, 7) is 5.88. The van der Waals surface area contributed by atoms with Crippen molar-refractivity contribution < 1.29 is 4.79 Å². The highest BCUT2D eigenvalue weighted by atomic mass is 35.5. The maximum absolute atomic E-state index is 12.5. The van der Waals surface area contributed by atoms with Crippen molar-refractivity contribution in [2.45, 2.75) is 13.8 Å². The van der Waals surface area contributed by atoms with Gasteiger partial charge in [0.2, 0.25) is 0 Å². The minimum Gasteiger partial charge on any atom is -0.372 e. The average molecular weight is 328 g/mol. The van der Waals surface area contributed by atoms with Crippen LogP contribution in [-0.2, 0) is 0 Å². The first-order chi connectivity index (χ1) is 11.1. The second-order valence-corrected chi connectivity index (χ2v) is 5.41. The summed E-state index contributed by atoms with van der Waals surface area (Å²) < 4.78 is 0. The molecule has 0 aliphatic heterocycles. The van der Waals surface area contributed by atoms with Crippen LogP contribution in [0.2, 0.25) is 5.02 Å². The molecule has 118 valence electrons. The number of nitrogens with one attached hydrogen (secondary N) is 1. The second-order valence-electron chi connectivity index (χ2n) is 4.98. The van der Waals surface area contributed by atoms with Crippen molar-refractivity contribution in [3.8, 4) is 6.07 Å². The highest BCUT2D eigenvalue weighted by Gasteiger charge is 2.11.